The molecule has 0 saturated heterocycles. The number of aryl methyl sites for hydroxylation is 1. The average molecular weight is 243 g/mol. The quantitative estimate of drug-likeness (QED) is 0.881. The molecule has 2 rings (SSSR count). The van der Waals surface area contributed by atoms with Crippen LogP contribution in [0.2, 0.25) is 0 Å². The lowest BCUT2D eigenvalue weighted by atomic mass is 9.86. The van der Waals surface area contributed by atoms with Crippen LogP contribution in [-0.2, 0) is 19.0 Å². The van der Waals surface area contributed by atoms with Gasteiger partial charge >= 0.3 is 0 Å². The lowest BCUT2D eigenvalue weighted by molar-refractivity contribution is 0.590. The van der Waals surface area contributed by atoms with E-state index < -0.39 is 0 Å². The fourth-order valence-corrected chi connectivity index (χ4v) is 2.04. The van der Waals surface area contributed by atoms with Gasteiger partial charge in [-0.25, -0.2) is 0 Å². The van der Waals surface area contributed by atoms with Crippen molar-refractivity contribution in [2.24, 2.45) is 12.8 Å². The van der Waals surface area contributed by atoms with Crippen LogP contribution in [0.4, 0.5) is 0 Å². The number of hydrogen-bond acceptors (Lipinski definition) is 2. The minimum absolute atomic E-state index is 0.188. The topological polar surface area (TPSA) is 43.8 Å². The third-order valence-corrected chi connectivity index (χ3v) is 3.19. The van der Waals surface area contributed by atoms with Crippen LogP contribution in [0.15, 0.2) is 30.3 Å². The smallest absolute Gasteiger partial charge is 0.0766 e. The Morgan fingerprint density at radius 2 is 1.78 bits per heavy atom. The molecule has 0 amide bonds. The Kier molecular flexibility index (Phi) is 3.26. The molecule has 0 unspecified atom stereocenters. The summed E-state index contributed by atoms with van der Waals surface area (Å²) in [6.45, 7) is 7.14. The summed E-state index contributed by atoms with van der Waals surface area (Å²) in [7, 11) is 1.95. The lowest BCUT2D eigenvalue weighted by Gasteiger charge is -2.19. The highest BCUT2D eigenvalue weighted by molar-refractivity contribution is 5.60. The molecule has 3 nitrogen and oxygen atoms in total. The molecule has 0 atom stereocenters. The number of nitrogens with zero attached hydrogens (tertiary/aromatic N) is 2. The van der Waals surface area contributed by atoms with Crippen LogP contribution in [0.1, 0.15) is 32.0 Å². The van der Waals surface area contributed by atoms with Gasteiger partial charge in [0, 0.05) is 13.6 Å². The fraction of sp³-hybridized carbons (Fsp3) is 0.400. The monoisotopic (exact) mass is 243 g/mol. The van der Waals surface area contributed by atoms with E-state index in [1.807, 2.05) is 17.8 Å². The summed E-state index contributed by atoms with van der Waals surface area (Å²) in [4.78, 5) is 0. The molecule has 1 heterocycles. The van der Waals surface area contributed by atoms with Crippen LogP contribution in [0.5, 0.6) is 0 Å². The van der Waals surface area contributed by atoms with Gasteiger partial charge in [-0.05, 0) is 22.6 Å². The van der Waals surface area contributed by atoms with Crippen molar-refractivity contribution in [1.29, 1.82) is 0 Å². The van der Waals surface area contributed by atoms with Crippen molar-refractivity contribution in [3.8, 4) is 11.3 Å². The van der Waals surface area contributed by atoms with Gasteiger partial charge in [-0.3, -0.25) is 4.68 Å². The first-order valence-corrected chi connectivity index (χ1v) is 6.25. The van der Waals surface area contributed by atoms with Crippen molar-refractivity contribution < 1.29 is 0 Å². The molecule has 96 valence electrons. The van der Waals surface area contributed by atoms with Crippen molar-refractivity contribution >= 4 is 0 Å². The van der Waals surface area contributed by atoms with E-state index in [2.05, 4.69) is 50.1 Å². The molecule has 0 bridgehead atoms. The molecule has 0 fully saturated rings. The van der Waals surface area contributed by atoms with E-state index in [1.54, 1.807) is 0 Å². The van der Waals surface area contributed by atoms with Gasteiger partial charge in [0.15, 0.2) is 0 Å². The first-order chi connectivity index (χ1) is 8.41. The van der Waals surface area contributed by atoms with Gasteiger partial charge in [-0.1, -0.05) is 45.0 Å². The number of rotatable bonds is 2. The average Bonchev–Trinajstić information content (AvgIpc) is 2.70. The maximum atomic E-state index is 5.62. The van der Waals surface area contributed by atoms with Gasteiger partial charge in [-0.15, -0.1) is 0 Å². The van der Waals surface area contributed by atoms with Crippen molar-refractivity contribution in [2.45, 2.75) is 32.7 Å². The number of nitrogens with two attached hydrogens (primary N) is 1. The molecule has 0 aliphatic heterocycles. The van der Waals surface area contributed by atoms with Crippen molar-refractivity contribution in [3.63, 3.8) is 0 Å². The maximum Gasteiger partial charge on any atom is 0.0766 e. The van der Waals surface area contributed by atoms with Gasteiger partial charge in [-0.2, -0.15) is 5.10 Å². The molecule has 0 aliphatic rings. The van der Waals surface area contributed by atoms with E-state index in [0.29, 0.717) is 6.54 Å². The van der Waals surface area contributed by atoms with Crippen LogP contribution in [0, 0.1) is 0 Å². The molecular formula is C15H21N3. The van der Waals surface area contributed by atoms with Gasteiger partial charge in [0.25, 0.3) is 0 Å². The SMILES string of the molecule is Cn1nc(CN)cc1-c1ccc(C(C)(C)C)cc1. The van der Waals surface area contributed by atoms with Crippen molar-refractivity contribution in [1.82, 2.24) is 9.78 Å². The highest BCUT2D eigenvalue weighted by atomic mass is 15.3. The van der Waals surface area contributed by atoms with Crippen LogP contribution < -0.4 is 5.73 Å². The van der Waals surface area contributed by atoms with Crippen LogP contribution in [0.3, 0.4) is 0 Å². The third kappa shape index (κ3) is 2.46. The predicted octanol–water partition coefficient (Wildman–Crippen LogP) is 2.84. The molecule has 2 N–H and O–H groups in total. The Morgan fingerprint density at radius 3 is 2.22 bits per heavy atom. The molecule has 2 aromatic rings. The molecule has 3 heteroatoms. The minimum Gasteiger partial charge on any atom is -0.325 e. The number of hydrogen-bond donors (Lipinski definition) is 1. The Hall–Kier alpha value is -1.61. The Morgan fingerprint density at radius 1 is 1.17 bits per heavy atom. The zero-order valence-corrected chi connectivity index (χ0v) is 11.6. The summed E-state index contributed by atoms with van der Waals surface area (Å²) in [5, 5.41) is 4.37. The molecule has 1 aromatic heterocycles. The predicted molar refractivity (Wildman–Crippen MR) is 75.2 cm³/mol. The summed E-state index contributed by atoms with van der Waals surface area (Å²) >= 11 is 0. The number of aromatic nitrogens is 2. The maximum absolute atomic E-state index is 5.62. The summed E-state index contributed by atoms with van der Waals surface area (Å²) in [6.07, 6.45) is 0. The first kappa shape index (κ1) is 12.8. The summed E-state index contributed by atoms with van der Waals surface area (Å²) < 4.78 is 1.88. The Bertz CT molecular complexity index is 530. The van der Waals surface area contributed by atoms with Crippen molar-refractivity contribution in [2.75, 3.05) is 0 Å². The van der Waals surface area contributed by atoms with Crippen LogP contribution in [0.25, 0.3) is 11.3 Å². The zero-order valence-electron chi connectivity index (χ0n) is 11.6. The molecule has 0 saturated carbocycles. The largest absolute Gasteiger partial charge is 0.325 e. The van der Waals surface area contributed by atoms with E-state index in [9.17, 15) is 0 Å². The van der Waals surface area contributed by atoms with E-state index in [1.165, 1.54) is 11.1 Å². The van der Waals surface area contributed by atoms with E-state index in [-0.39, 0.29) is 5.41 Å². The molecule has 1 aromatic carbocycles. The molecular weight excluding hydrogens is 222 g/mol. The first-order valence-electron chi connectivity index (χ1n) is 6.25. The lowest BCUT2D eigenvalue weighted by Crippen LogP contribution is -2.10. The summed E-state index contributed by atoms with van der Waals surface area (Å²) in [5.41, 5.74) is 10.4. The normalized spacial score (nSPS) is 11.8. The third-order valence-electron chi connectivity index (χ3n) is 3.19. The minimum atomic E-state index is 0.188. The van der Waals surface area contributed by atoms with Gasteiger partial charge in [0.05, 0.1) is 11.4 Å². The Labute approximate surface area is 109 Å². The summed E-state index contributed by atoms with van der Waals surface area (Å²) in [5.74, 6) is 0. The molecule has 0 spiro atoms. The summed E-state index contributed by atoms with van der Waals surface area (Å²) in [6, 6.07) is 10.7. The van der Waals surface area contributed by atoms with Crippen molar-refractivity contribution in [3.05, 3.63) is 41.6 Å². The van der Waals surface area contributed by atoms with Crippen LogP contribution >= 0.6 is 0 Å². The molecule has 0 radical (unpaired) electrons. The van der Waals surface area contributed by atoms with E-state index >= 15 is 0 Å². The highest BCUT2D eigenvalue weighted by Gasteiger charge is 2.14. The zero-order chi connectivity index (χ0) is 13.3. The number of benzene rings is 1. The molecule has 0 aliphatic carbocycles. The standard InChI is InChI=1S/C15H21N3/c1-15(2,3)12-7-5-11(6-8-12)14-9-13(10-16)17-18(14)4/h5-9H,10,16H2,1-4H3. The van der Waals surface area contributed by atoms with Gasteiger partial charge in [0.2, 0.25) is 0 Å². The Balaban J connectivity index is 2.37. The van der Waals surface area contributed by atoms with Gasteiger partial charge < -0.3 is 5.73 Å². The van der Waals surface area contributed by atoms with Crippen LogP contribution in [-0.4, -0.2) is 9.78 Å². The van der Waals surface area contributed by atoms with E-state index in [4.69, 9.17) is 5.73 Å². The second kappa shape index (κ2) is 4.58. The van der Waals surface area contributed by atoms with Gasteiger partial charge in [0.1, 0.15) is 0 Å². The second-order valence-corrected chi connectivity index (χ2v) is 5.68. The second-order valence-electron chi connectivity index (χ2n) is 5.68. The van der Waals surface area contributed by atoms with E-state index in [0.717, 1.165) is 11.4 Å². The highest BCUT2D eigenvalue weighted by Crippen LogP contribution is 2.26. The fourth-order valence-electron chi connectivity index (χ4n) is 2.04. The molecule has 18 heavy (non-hydrogen) atoms.